The predicted molar refractivity (Wildman–Crippen MR) is 73.5 cm³/mol. The summed E-state index contributed by atoms with van der Waals surface area (Å²) in [6, 6.07) is 7.41. The molecule has 2 N–H and O–H groups in total. The van der Waals surface area contributed by atoms with Gasteiger partial charge in [0, 0.05) is 11.6 Å². The van der Waals surface area contributed by atoms with Gasteiger partial charge in [0.25, 0.3) is 0 Å². The van der Waals surface area contributed by atoms with Crippen LogP contribution in [0.25, 0.3) is 10.9 Å². The van der Waals surface area contributed by atoms with Gasteiger partial charge in [0.15, 0.2) is 0 Å². The van der Waals surface area contributed by atoms with Crippen LogP contribution in [0.5, 0.6) is 0 Å². The van der Waals surface area contributed by atoms with Crippen LogP contribution in [-0.2, 0) is 11.3 Å². The fourth-order valence-corrected chi connectivity index (χ4v) is 1.79. The molecule has 1 aromatic carbocycles. The molecule has 0 aliphatic rings. The Morgan fingerprint density at radius 1 is 1.37 bits per heavy atom. The van der Waals surface area contributed by atoms with Crippen LogP contribution in [-0.4, -0.2) is 21.5 Å². The van der Waals surface area contributed by atoms with Gasteiger partial charge in [-0.2, -0.15) is 0 Å². The first-order valence-electron chi connectivity index (χ1n) is 6.10. The summed E-state index contributed by atoms with van der Waals surface area (Å²) in [6.07, 6.45) is 1.24. The summed E-state index contributed by atoms with van der Waals surface area (Å²) in [4.78, 5) is 11.7. The number of aliphatic hydroxyl groups excluding tert-OH is 1. The van der Waals surface area contributed by atoms with Crippen LogP contribution in [0.2, 0.25) is 0 Å². The third-order valence-electron chi connectivity index (χ3n) is 2.55. The van der Waals surface area contributed by atoms with Gasteiger partial charge < -0.3 is 9.84 Å². The molecule has 5 nitrogen and oxygen atoms in total. The molecule has 0 spiro atoms. The number of hydrogen-bond donors (Lipinski definition) is 2. The van der Waals surface area contributed by atoms with E-state index in [4.69, 9.17) is 9.84 Å². The molecule has 2 aromatic rings. The Hall–Kier alpha value is -2.01. The lowest BCUT2D eigenvalue weighted by Gasteiger charge is -2.20. The highest BCUT2D eigenvalue weighted by atomic mass is 16.6. The van der Waals surface area contributed by atoms with Crippen LogP contribution in [0.3, 0.4) is 0 Å². The Balaban J connectivity index is 2.20. The summed E-state index contributed by atoms with van der Waals surface area (Å²) < 4.78 is 6.80. The van der Waals surface area contributed by atoms with Crippen molar-refractivity contribution in [2.75, 3.05) is 5.43 Å². The van der Waals surface area contributed by atoms with E-state index in [1.54, 1.807) is 10.9 Å². The minimum Gasteiger partial charge on any atom is -0.443 e. The number of nitrogens with one attached hydrogen (secondary N) is 1. The zero-order valence-electron chi connectivity index (χ0n) is 11.3. The zero-order valence-corrected chi connectivity index (χ0v) is 11.3. The molecule has 0 fully saturated rings. The van der Waals surface area contributed by atoms with Gasteiger partial charge in [-0.3, -0.25) is 4.68 Å². The molecule has 0 saturated heterocycles. The highest BCUT2D eigenvalue weighted by Gasteiger charge is 2.16. The van der Waals surface area contributed by atoms with E-state index in [0.717, 1.165) is 16.5 Å². The van der Waals surface area contributed by atoms with E-state index in [9.17, 15) is 4.79 Å². The Labute approximate surface area is 111 Å². The monoisotopic (exact) mass is 262 g/mol. The Kier molecular flexibility index (Phi) is 3.48. The Morgan fingerprint density at radius 2 is 2.11 bits per heavy atom. The molecule has 0 aliphatic carbocycles. The van der Waals surface area contributed by atoms with E-state index >= 15 is 0 Å². The molecule has 1 amide bonds. The molecule has 2 rings (SSSR count). The molecular formula is C14H18N2O3. The molecule has 19 heavy (non-hydrogen) atoms. The van der Waals surface area contributed by atoms with Gasteiger partial charge in [-0.05, 0) is 44.5 Å². The average molecular weight is 262 g/mol. The van der Waals surface area contributed by atoms with Gasteiger partial charge in [0.2, 0.25) is 0 Å². The van der Waals surface area contributed by atoms with Crippen molar-refractivity contribution in [1.82, 2.24) is 4.68 Å². The lowest BCUT2D eigenvalue weighted by atomic mass is 10.2. The fraction of sp³-hybridized carbons (Fsp3) is 0.357. The van der Waals surface area contributed by atoms with E-state index in [1.165, 1.54) is 0 Å². The number of benzene rings is 1. The molecule has 0 atom stereocenters. The van der Waals surface area contributed by atoms with Crippen molar-refractivity contribution in [2.24, 2.45) is 0 Å². The maximum absolute atomic E-state index is 11.7. The molecule has 1 aromatic heterocycles. The summed E-state index contributed by atoms with van der Waals surface area (Å²) in [6.45, 7) is 5.44. The lowest BCUT2D eigenvalue weighted by Crippen LogP contribution is -2.31. The van der Waals surface area contributed by atoms with Crippen LogP contribution in [0.15, 0.2) is 30.5 Å². The number of rotatable bonds is 2. The van der Waals surface area contributed by atoms with E-state index < -0.39 is 11.7 Å². The van der Waals surface area contributed by atoms with Gasteiger partial charge in [-0.15, -0.1) is 0 Å². The SMILES string of the molecule is CC(C)(C)OC(=O)Nn1ccc2cc(CO)ccc21. The topological polar surface area (TPSA) is 63.5 Å². The molecule has 0 unspecified atom stereocenters. The van der Waals surface area contributed by atoms with Crippen LogP contribution >= 0.6 is 0 Å². The third kappa shape index (κ3) is 3.26. The van der Waals surface area contributed by atoms with Gasteiger partial charge >= 0.3 is 6.09 Å². The third-order valence-corrected chi connectivity index (χ3v) is 2.55. The number of hydrogen-bond acceptors (Lipinski definition) is 3. The van der Waals surface area contributed by atoms with Crippen LogP contribution in [0.1, 0.15) is 26.3 Å². The molecule has 0 radical (unpaired) electrons. The largest absolute Gasteiger partial charge is 0.443 e. The first-order valence-corrected chi connectivity index (χ1v) is 6.10. The minimum absolute atomic E-state index is 0.000609. The molecule has 0 aliphatic heterocycles. The Morgan fingerprint density at radius 3 is 2.74 bits per heavy atom. The number of amides is 1. The van der Waals surface area contributed by atoms with E-state index in [0.29, 0.717) is 0 Å². The van der Waals surface area contributed by atoms with Crippen molar-refractivity contribution >= 4 is 17.0 Å². The van der Waals surface area contributed by atoms with Gasteiger partial charge in [0.05, 0.1) is 12.1 Å². The smallest absolute Gasteiger partial charge is 0.426 e. The first-order chi connectivity index (χ1) is 8.89. The van der Waals surface area contributed by atoms with E-state index in [-0.39, 0.29) is 6.61 Å². The number of carbonyl (C=O) groups excluding carboxylic acids is 1. The van der Waals surface area contributed by atoms with E-state index in [2.05, 4.69) is 5.43 Å². The number of carbonyl (C=O) groups is 1. The van der Waals surface area contributed by atoms with Crippen LogP contribution < -0.4 is 5.43 Å². The maximum atomic E-state index is 11.7. The molecule has 1 heterocycles. The van der Waals surface area contributed by atoms with Crippen molar-refractivity contribution in [1.29, 1.82) is 0 Å². The predicted octanol–water partition coefficient (Wildman–Crippen LogP) is 2.61. The minimum atomic E-state index is -0.531. The standard InChI is InChI=1S/C14H18N2O3/c1-14(2,3)19-13(18)15-16-7-6-11-8-10(9-17)4-5-12(11)16/h4-8,17H,9H2,1-3H3,(H,15,18). The summed E-state index contributed by atoms with van der Waals surface area (Å²) in [5.41, 5.74) is 3.81. The normalized spacial score (nSPS) is 11.6. The van der Waals surface area contributed by atoms with Crippen molar-refractivity contribution in [2.45, 2.75) is 33.0 Å². The van der Waals surface area contributed by atoms with Gasteiger partial charge in [-0.1, -0.05) is 6.07 Å². The van der Waals surface area contributed by atoms with Crippen molar-refractivity contribution in [3.8, 4) is 0 Å². The zero-order chi connectivity index (χ0) is 14.0. The quantitative estimate of drug-likeness (QED) is 0.874. The number of ether oxygens (including phenoxy) is 1. The second-order valence-electron chi connectivity index (χ2n) is 5.35. The number of nitrogens with zero attached hydrogens (tertiary/aromatic N) is 1. The lowest BCUT2D eigenvalue weighted by molar-refractivity contribution is 0.0614. The second kappa shape index (κ2) is 4.93. The second-order valence-corrected chi connectivity index (χ2v) is 5.35. The maximum Gasteiger partial charge on any atom is 0.426 e. The first kappa shape index (κ1) is 13.4. The average Bonchev–Trinajstić information content (AvgIpc) is 2.69. The highest BCUT2D eigenvalue weighted by molar-refractivity contribution is 5.84. The molecule has 102 valence electrons. The summed E-state index contributed by atoms with van der Waals surface area (Å²) in [5.74, 6) is 0. The molecule has 0 bridgehead atoms. The number of aromatic nitrogens is 1. The fourth-order valence-electron chi connectivity index (χ4n) is 1.79. The van der Waals surface area contributed by atoms with Crippen LogP contribution in [0.4, 0.5) is 4.79 Å². The summed E-state index contributed by atoms with van der Waals surface area (Å²) >= 11 is 0. The summed E-state index contributed by atoms with van der Waals surface area (Å²) in [5, 5.41) is 10.0. The number of aliphatic hydroxyl groups is 1. The number of fused-ring (bicyclic) bond motifs is 1. The summed E-state index contributed by atoms with van der Waals surface area (Å²) in [7, 11) is 0. The van der Waals surface area contributed by atoms with Crippen molar-refractivity contribution in [3.63, 3.8) is 0 Å². The molecule has 5 heteroatoms. The highest BCUT2D eigenvalue weighted by Crippen LogP contribution is 2.17. The van der Waals surface area contributed by atoms with Gasteiger partial charge in [-0.25, -0.2) is 10.2 Å². The Bertz CT molecular complexity index is 596. The van der Waals surface area contributed by atoms with Gasteiger partial charge in [0.1, 0.15) is 5.60 Å². The van der Waals surface area contributed by atoms with Crippen molar-refractivity contribution in [3.05, 3.63) is 36.0 Å². The van der Waals surface area contributed by atoms with Crippen LogP contribution in [0, 0.1) is 0 Å². The van der Waals surface area contributed by atoms with E-state index in [1.807, 2.05) is 45.0 Å². The molecular weight excluding hydrogens is 244 g/mol. The van der Waals surface area contributed by atoms with Crippen molar-refractivity contribution < 1.29 is 14.6 Å². The molecule has 0 saturated carbocycles.